The molecule has 0 bridgehead atoms. The molecule has 1 aliphatic heterocycles. The molecule has 1 fully saturated rings. The van der Waals surface area contributed by atoms with Gasteiger partial charge in [0.15, 0.2) is 5.79 Å². The summed E-state index contributed by atoms with van der Waals surface area (Å²) < 4.78 is 20.1. The minimum Gasteiger partial charge on any atom is -0.407 e. The summed E-state index contributed by atoms with van der Waals surface area (Å²) in [5, 5.41) is 2.51. The zero-order chi connectivity index (χ0) is 26.6. The molecule has 0 amide bonds. The first-order chi connectivity index (χ1) is 16.9. The topological polar surface area (TPSA) is 44.8 Å². The van der Waals surface area contributed by atoms with E-state index in [9.17, 15) is 4.79 Å². The molecule has 0 spiro atoms. The number of carbonyl (C=O) groups excluding carboxylic acids is 1. The van der Waals surface area contributed by atoms with Gasteiger partial charge in [0.05, 0.1) is 12.2 Å². The highest BCUT2D eigenvalue weighted by atomic mass is 28.4. The van der Waals surface area contributed by atoms with Crippen LogP contribution >= 0.6 is 0 Å². The van der Waals surface area contributed by atoms with Crippen LogP contribution in [0, 0.1) is 17.8 Å². The molecule has 36 heavy (non-hydrogen) atoms. The van der Waals surface area contributed by atoms with Crippen LogP contribution in [0.1, 0.15) is 68.2 Å². The van der Waals surface area contributed by atoms with Crippen LogP contribution in [-0.2, 0) is 18.7 Å². The van der Waals surface area contributed by atoms with Gasteiger partial charge in [0.25, 0.3) is 8.32 Å². The number of benzene rings is 2. The van der Waals surface area contributed by atoms with Crippen molar-refractivity contribution in [3.63, 3.8) is 0 Å². The van der Waals surface area contributed by atoms with Gasteiger partial charge in [-0.25, -0.2) is 0 Å². The lowest BCUT2D eigenvalue weighted by molar-refractivity contribution is -0.328. The Labute approximate surface area is 219 Å². The van der Waals surface area contributed by atoms with E-state index in [-0.39, 0.29) is 35.0 Å². The normalized spacial score (nSPS) is 24.2. The van der Waals surface area contributed by atoms with E-state index in [1.54, 1.807) is 0 Å². The van der Waals surface area contributed by atoms with Crippen LogP contribution in [0.5, 0.6) is 0 Å². The molecule has 1 aliphatic rings. The fourth-order valence-electron chi connectivity index (χ4n) is 5.71. The summed E-state index contributed by atoms with van der Waals surface area (Å²) in [6.45, 7) is 18.0. The summed E-state index contributed by atoms with van der Waals surface area (Å²) in [6.07, 6.45) is 2.77. The lowest BCUT2D eigenvalue weighted by atomic mass is 9.85. The zero-order valence-corrected chi connectivity index (χ0v) is 24.5. The average Bonchev–Trinajstić information content (AvgIpc) is 2.84. The van der Waals surface area contributed by atoms with E-state index < -0.39 is 14.1 Å². The molecule has 2 aromatic carbocycles. The Morgan fingerprint density at radius 3 is 1.97 bits per heavy atom. The maximum Gasteiger partial charge on any atom is 0.261 e. The molecular formula is C31H46O4Si. The molecule has 0 radical (unpaired) electrons. The third-order valence-electron chi connectivity index (χ3n) is 7.64. The molecule has 0 saturated carbocycles. The fourth-order valence-corrected chi connectivity index (χ4v) is 10.4. The molecule has 4 nitrogen and oxygen atoms in total. The molecule has 198 valence electrons. The molecule has 0 aromatic heterocycles. The Kier molecular flexibility index (Phi) is 9.37. The van der Waals surface area contributed by atoms with Gasteiger partial charge in [-0.2, -0.15) is 0 Å². The highest BCUT2D eigenvalue weighted by Gasteiger charge is 2.51. The third kappa shape index (κ3) is 6.36. The van der Waals surface area contributed by atoms with Gasteiger partial charge in [-0.05, 0) is 42.1 Å². The molecule has 0 unspecified atom stereocenters. The molecule has 0 N–H and O–H groups in total. The van der Waals surface area contributed by atoms with Crippen molar-refractivity contribution in [2.24, 2.45) is 17.8 Å². The van der Waals surface area contributed by atoms with Crippen LogP contribution in [0.4, 0.5) is 0 Å². The summed E-state index contributed by atoms with van der Waals surface area (Å²) in [6, 6.07) is 21.6. The van der Waals surface area contributed by atoms with Gasteiger partial charge >= 0.3 is 0 Å². The summed E-state index contributed by atoms with van der Waals surface area (Å²) in [5.41, 5.74) is 0. The van der Waals surface area contributed by atoms with Crippen molar-refractivity contribution in [1.82, 2.24) is 0 Å². The van der Waals surface area contributed by atoms with Crippen LogP contribution in [0.2, 0.25) is 5.04 Å². The second kappa shape index (κ2) is 11.7. The fraction of sp³-hybridized carbons (Fsp3) is 0.581. The minimum absolute atomic E-state index is 0.00324. The molecule has 1 saturated heterocycles. The zero-order valence-electron chi connectivity index (χ0n) is 23.5. The molecule has 5 atom stereocenters. The van der Waals surface area contributed by atoms with Gasteiger partial charge < -0.3 is 18.7 Å². The highest BCUT2D eigenvalue weighted by molar-refractivity contribution is 6.99. The number of hydrogen-bond acceptors (Lipinski definition) is 4. The first-order valence-corrected chi connectivity index (χ1v) is 15.4. The summed E-state index contributed by atoms with van der Waals surface area (Å²) >= 11 is 0. The van der Waals surface area contributed by atoms with Crippen LogP contribution in [0.25, 0.3) is 0 Å². The number of rotatable bonds is 10. The second-order valence-corrected chi connectivity index (χ2v) is 16.4. The summed E-state index contributed by atoms with van der Waals surface area (Å²) in [5.74, 6) is -0.246. The summed E-state index contributed by atoms with van der Waals surface area (Å²) in [7, 11) is -2.61. The third-order valence-corrected chi connectivity index (χ3v) is 12.6. The molecule has 1 heterocycles. The Balaban J connectivity index is 1.89. The van der Waals surface area contributed by atoms with E-state index in [1.807, 2.05) is 20.8 Å². The molecule has 2 aromatic rings. The van der Waals surface area contributed by atoms with Gasteiger partial charge in [0.1, 0.15) is 6.29 Å². The minimum atomic E-state index is -2.61. The van der Waals surface area contributed by atoms with Crippen molar-refractivity contribution < 1.29 is 18.7 Å². The quantitative estimate of drug-likeness (QED) is 0.292. The summed E-state index contributed by atoms with van der Waals surface area (Å²) in [4.78, 5) is 11.2. The Morgan fingerprint density at radius 1 is 0.972 bits per heavy atom. The van der Waals surface area contributed by atoms with Crippen LogP contribution in [0.3, 0.4) is 0 Å². The monoisotopic (exact) mass is 510 g/mol. The van der Waals surface area contributed by atoms with Gasteiger partial charge in [0, 0.05) is 24.4 Å². The first-order valence-electron chi connectivity index (χ1n) is 13.5. The van der Waals surface area contributed by atoms with E-state index in [0.717, 1.165) is 19.1 Å². The van der Waals surface area contributed by atoms with Gasteiger partial charge in [-0.1, -0.05) is 102 Å². The number of hydrogen-bond donors (Lipinski definition) is 0. The lowest BCUT2D eigenvalue weighted by Crippen LogP contribution is -2.67. The Hall–Kier alpha value is -1.79. The van der Waals surface area contributed by atoms with Crippen molar-refractivity contribution in [2.75, 3.05) is 6.61 Å². The van der Waals surface area contributed by atoms with Crippen molar-refractivity contribution in [2.45, 2.75) is 91.3 Å². The number of aldehydes is 1. The van der Waals surface area contributed by atoms with Gasteiger partial charge in [-0.15, -0.1) is 0 Å². The van der Waals surface area contributed by atoms with Crippen LogP contribution in [-0.4, -0.2) is 39.2 Å². The van der Waals surface area contributed by atoms with Crippen molar-refractivity contribution in [3.05, 3.63) is 60.7 Å². The molecule has 5 heteroatoms. The van der Waals surface area contributed by atoms with Gasteiger partial charge in [0.2, 0.25) is 0 Å². The second-order valence-electron chi connectivity index (χ2n) is 12.1. The predicted molar refractivity (Wildman–Crippen MR) is 150 cm³/mol. The molecular weight excluding hydrogens is 464 g/mol. The van der Waals surface area contributed by atoms with E-state index >= 15 is 0 Å². The van der Waals surface area contributed by atoms with Crippen molar-refractivity contribution >= 4 is 25.0 Å². The van der Waals surface area contributed by atoms with E-state index in [2.05, 4.69) is 95.3 Å². The Bertz CT molecular complexity index is 914. The van der Waals surface area contributed by atoms with Gasteiger partial charge in [-0.3, -0.25) is 0 Å². The number of ether oxygens (including phenoxy) is 2. The largest absolute Gasteiger partial charge is 0.407 e. The maximum absolute atomic E-state index is 11.2. The van der Waals surface area contributed by atoms with Crippen molar-refractivity contribution in [1.29, 1.82) is 0 Å². The SMILES string of the molecule is C[C@@H]1[C@@H]([C@@H](C)CO[Si](c2ccccc2)(c2ccccc2)C(C)(C)C)OC(C)(C)O[C@@H]1CC[C@H](C)C=O. The Morgan fingerprint density at radius 2 is 1.50 bits per heavy atom. The standard InChI is InChI=1S/C31H46O4Si/c1-23(21-32)19-20-28-25(3)29(35-31(7,8)34-28)24(2)22-33-36(30(4,5)6,26-15-11-9-12-16-26)27-17-13-10-14-18-27/h9-18,21,23-25,28-29H,19-20,22H2,1-8H3/t23-,24-,25-,28+,29+/m0/s1. The van der Waals surface area contributed by atoms with Crippen LogP contribution in [0.15, 0.2) is 60.7 Å². The van der Waals surface area contributed by atoms with E-state index in [1.165, 1.54) is 10.4 Å². The highest BCUT2D eigenvalue weighted by Crippen LogP contribution is 2.40. The maximum atomic E-state index is 11.2. The average molecular weight is 511 g/mol. The number of carbonyl (C=O) groups is 1. The van der Waals surface area contributed by atoms with E-state index in [0.29, 0.717) is 6.61 Å². The van der Waals surface area contributed by atoms with Crippen molar-refractivity contribution in [3.8, 4) is 0 Å². The van der Waals surface area contributed by atoms with E-state index in [4.69, 9.17) is 13.9 Å². The smallest absolute Gasteiger partial charge is 0.261 e. The predicted octanol–water partition coefficient (Wildman–Crippen LogP) is 5.97. The molecule has 0 aliphatic carbocycles. The molecule has 3 rings (SSSR count). The van der Waals surface area contributed by atoms with Crippen LogP contribution < -0.4 is 10.4 Å². The first kappa shape index (κ1) is 28.8. The lowest BCUT2D eigenvalue weighted by Gasteiger charge is -2.48.